The minimum absolute atomic E-state index is 0.0900. The van der Waals surface area contributed by atoms with E-state index in [1.165, 1.54) is 0 Å². The Morgan fingerprint density at radius 3 is 2.95 bits per heavy atom. The van der Waals surface area contributed by atoms with Crippen LogP contribution in [0.5, 0.6) is 0 Å². The molecule has 1 N–H and O–H groups in total. The Bertz CT molecular complexity index is 581. The summed E-state index contributed by atoms with van der Waals surface area (Å²) in [5, 5.41) is 3.85. The highest BCUT2D eigenvalue weighted by Gasteiger charge is 2.06. The van der Waals surface area contributed by atoms with E-state index in [1.54, 1.807) is 6.20 Å². The van der Waals surface area contributed by atoms with Crippen LogP contribution in [0.4, 0.5) is 0 Å². The van der Waals surface area contributed by atoms with Gasteiger partial charge in [0.15, 0.2) is 0 Å². The lowest BCUT2D eigenvalue weighted by atomic mass is 10.1. The summed E-state index contributed by atoms with van der Waals surface area (Å²) in [6.45, 7) is 5.27. The first-order chi connectivity index (χ1) is 9.66. The molecule has 0 bridgehead atoms. The summed E-state index contributed by atoms with van der Waals surface area (Å²) in [6.07, 6.45) is 2.66. The summed E-state index contributed by atoms with van der Waals surface area (Å²) in [4.78, 5) is 16.3. The molecule has 0 unspecified atom stereocenters. The monoisotopic (exact) mass is 272 g/mol. The van der Waals surface area contributed by atoms with Crippen molar-refractivity contribution >= 4 is 16.8 Å². The number of para-hydroxylation sites is 1. The fourth-order valence-corrected chi connectivity index (χ4v) is 1.89. The van der Waals surface area contributed by atoms with Crippen molar-refractivity contribution in [1.82, 2.24) is 10.3 Å². The van der Waals surface area contributed by atoms with E-state index in [9.17, 15) is 4.79 Å². The molecular formula is C16H20N2O2. The molecule has 2 aromatic rings. The van der Waals surface area contributed by atoms with Crippen molar-refractivity contribution in [2.75, 3.05) is 13.2 Å². The molecular weight excluding hydrogens is 252 g/mol. The number of carbonyl (C=O) groups is 1. The second kappa shape index (κ2) is 7.01. The molecule has 4 heteroatoms. The van der Waals surface area contributed by atoms with Gasteiger partial charge in [-0.3, -0.25) is 9.78 Å². The van der Waals surface area contributed by atoms with E-state index in [1.807, 2.05) is 44.2 Å². The predicted octanol–water partition coefficient (Wildman–Crippen LogP) is 2.78. The van der Waals surface area contributed by atoms with Gasteiger partial charge >= 0.3 is 0 Å². The van der Waals surface area contributed by atoms with Crippen molar-refractivity contribution in [3.05, 3.63) is 42.1 Å². The van der Waals surface area contributed by atoms with E-state index in [4.69, 9.17) is 4.74 Å². The molecule has 20 heavy (non-hydrogen) atoms. The van der Waals surface area contributed by atoms with E-state index >= 15 is 0 Å². The van der Waals surface area contributed by atoms with Gasteiger partial charge in [0.25, 0.3) is 5.91 Å². The fraction of sp³-hybridized carbons (Fsp3) is 0.375. The van der Waals surface area contributed by atoms with Gasteiger partial charge in [-0.15, -0.1) is 0 Å². The molecule has 0 fully saturated rings. The number of aromatic nitrogens is 1. The number of fused-ring (bicyclic) bond motifs is 1. The number of rotatable bonds is 6. The highest BCUT2D eigenvalue weighted by atomic mass is 16.5. The summed E-state index contributed by atoms with van der Waals surface area (Å²) < 4.78 is 5.42. The molecule has 0 aliphatic heterocycles. The second-order valence-electron chi connectivity index (χ2n) is 4.95. The molecule has 0 radical (unpaired) electrons. The van der Waals surface area contributed by atoms with Crippen molar-refractivity contribution in [2.45, 2.75) is 26.4 Å². The first kappa shape index (κ1) is 14.5. The largest absolute Gasteiger partial charge is 0.379 e. The van der Waals surface area contributed by atoms with Crippen molar-refractivity contribution in [3.63, 3.8) is 0 Å². The van der Waals surface area contributed by atoms with Crippen molar-refractivity contribution in [1.29, 1.82) is 0 Å². The summed E-state index contributed by atoms with van der Waals surface area (Å²) in [5.74, 6) is -0.0900. The Balaban J connectivity index is 1.87. The summed E-state index contributed by atoms with van der Waals surface area (Å²) in [6, 6.07) is 9.62. The van der Waals surface area contributed by atoms with Crippen LogP contribution in [-0.4, -0.2) is 30.1 Å². The van der Waals surface area contributed by atoms with Crippen LogP contribution >= 0.6 is 0 Å². The minimum atomic E-state index is -0.0900. The molecule has 0 saturated carbocycles. The fourth-order valence-electron chi connectivity index (χ4n) is 1.89. The topological polar surface area (TPSA) is 51.2 Å². The maximum atomic E-state index is 12.0. The molecule has 0 aliphatic rings. The Kier molecular flexibility index (Phi) is 5.07. The summed E-state index contributed by atoms with van der Waals surface area (Å²) in [7, 11) is 0. The maximum Gasteiger partial charge on any atom is 0.252 e. The maximum absolute atomic E-state index is 12.0. The van der Waals surface area contributed by atoms with Crippen LogP contribution in [0.25, 0.3) is 10.9 Å². The molecule has 0 spiro atoms. The second-order valence-corrected chi connectivity index (χ2v) is 4.95. The summed E-state index contributed by atoms with van der Waals surface area (Å²) >= 11 is 0. The van der Waals surface area contributed by atoms with Gasteiger partial charge < -0.3 is 10.1 Å². The van der Waals surface area contributed by atoms with Crippen LogP contribution in [0.15, 0.2) is 36.5 Å². The van der Waals surface area contributed by atoms with Gasteiger partial charge in [0.2, 0.25) is 0 Å². The van der Waals surface area contributed by atoms with Crippen LogP contribution in [0.3, 0.4) is 0 Å². The van der Waals surface area contributed by atoms with Crippen LogP contribution in [0, 0.1) is 0 Å². The quantitative estimate of drug-likeness (QED) is 0.823. The van der Waals surface area contributed by atoms with Crippen LogP contribution < -0.4 is 5.32 Å². The van der Waals surface area contributed by atoms with E-state index in [-0.39, 0.29) is 12.0 Å². The Morgan fingerprint density at radius 2 is 2.15 bits per heavy atom. The van der Waals surface area contributed by atoms with Gasteiger partial charge in [-0.05, 0) is 32.4 Å². The number of ether oxygens (including phenoxy) is 1. The smallest absolute Gasteiger partial charge is 0.252 e. The number of hydrogen-bond donors (Lipinski definition) is 1. The predicted molar refractivity (Wildman–Crippen MR) is 79.8 cm³/mol. The molecule has 1 amide bonds. The van der Waals surface area contributed by atoms with Gasteiger partial charge in [0, 0.05) is 24.7 Å². The van der Waals surface area contributed by atoms with Crippen molar-refractivity contribution < 1.29 is 9.53 Å². The molecule has 0 aliphatic carbocycles. The van der Waals surface area contributed by atoms with Crippen LogP contribution in [0.2, 0.25) is 0 Å². The molecule has 0 atom stereocenters. The normalized spacial score (nSPS) is 10.9. The van der Waals surface area contributed by atoms with Gasteiger partial charge in [-0.1, -0.05) is 18.2 Å². The summed E-state index contributed by atoms with van der Waals surface area (Å²) in [5.41, 5.74) is 1.49. The standard InChI is InChI=1S/C16H20N2O2/c1-12(2)20-9-5-8-17-16(19)14-10-13-6-3-4-7-15(13)18-11-14/h3-4,6-7,10-12H,5,8-9H2,1-2H3,(H,17,19). The lowest BCUT2D eigenvalue weighted by Crippen LogP contribution is -2.25. The van der Waals surface area contributed by atoms with Gasteiger partial charge in [-0.25, -0.2) is 0 Å². The third-order valence-corrected chi connectivity index (χ3v) is 2.91. The zero-order valence-electron chi connectivity index (χ0n) is 11.9. The molecule has 1 heterocycles. The van der Waals surface area contributed by atoms with E-state index in [0.717, 1.165) is 17.3 Å². The van der Waals surface area contributed by atoms with E-state index in [2.05, 4.69) is 10.3 Å². The molecule has 0 saturated heterocycles. The SMILES string of the molecule is CC(C)OCCCNC(=O)c1cnc2ccccc2c1. The first-order valence-corrected chi connectivity index (χ1v) is 6.91. The number of hydrogen-bond acceptors (Lipinski definition) is 3. The molecule has 2 rings (SSSR count). The number of nitrogens with zero attached hydrogens (tertiary/aromatic N) is 1. The molecule has 4 nitrogen and oxygen atoms in total. The van der Waals surface area contributed by atoms with Gasteiger partial charge in [0.1, 0.15) is 0 Å². The van der Waals surface area contributed by atoms with Gasteiger partial charge in [0.05, 0.1) is 17.2 Å². The number of carbonyl (C=O) groups excluding carboxylic acids is 1. The van der Waals surface area contributed by atoms with Gasteiger partial charge in [-0.2, -0.15) is 0 Å². The van der Waals surface area contributed by atoms with Crippen molar-refractivity contribution in [3.8, 4) is 0 Å². The Labute approximate surface area is 119 Å². The van der Waals surface area contributed by atoms with Crippen LogP contribution in [0.1, 0.15) is 30.6 Å². The lowest BCUT2D eigenvalue weighted by Gasteiger charge is -2.08. The Morgan fingerprint density at radius 1 is 1.35 bits per heavy atom. The number of benzene rings is 1. The number of amides is 1. The lowest BCUT2D eigenvalue weighted by molar-refractivity contribution is 0.0757. The Hall–Kier alpha value is -1.94. The molecule has 106 valence electrons. The highest BCUT2D eigenvalue weighted by molar-refractivity contribution is 5.97. The number of nitrogens with one attached hydrogen (secondary N) is 1. The van der Waals surface area contributed by atoms with E-state index < -0.39 is 0 Å². The number of pyridine rings is 1. The van der Waals surface area contributed by atoms with E-state index in [0.29, 0.717) is 18.7 Å². The third kappa shape index (κ3) is 4.03. The zero-order chi connectivity index (χ0) is 14.4. The molecule has 1 aromatic carbocycles. The van der Waals surface area contributed by atoms with Crippen molar-refractivity contribution in [2.24, 2.45) is 0 Å². The average Bonchev–Trinajstić information content (AvgIpc) is 2.46. The minimum Gasteiger partial charge on any atom is -0.379 e. The average molecular weight is 272 g/mol. The highest BCUT2D eigenvalue weighted by Crippen LogP contribution is 2.12. The third-order valence-electron chi connectivity index (χ3n) is 2.91. The molecule has 1 aromatic heterocycles. The van der Waals surface area contributed by atoms with Crippen LogP contribution in [-0.2, 0) is 4.74 Å². The zero-order valence-corrected chi connectivity index (χ0v) is 11.9. The first-order valence-electron chi connectivity index (χ1n) is 6.91.